The predicted molar refractivity (Wildman–Crippen MR) is 76.1 cm³/mol. The lowest BCUT2D eigenvalue weighted by molar-refractivity contribution is -0.170. The molecular formula is C14H14F3NO3S. The fourth-order valence-electron chi connectivity index (χ4n) is 2.21. The van der Waals surface area contributed by atoms with Gasteiger partial charge in [-0.15, -0.1) is 0 Å². The van der Waals surface area contributed by atoms with Crippen molar-refractivity contribution < 1.29 is 26.4 Å². The van der Waals surface area contributed by atoms with Gasteiger partial charge in [-0.1, -0.05) is 19.1 Å². The second-order valence-corrected chi connectivity index (χ2v) is 6.85. The van der Waals surface area contributed by atoms with Gasteiger partial charge < -0.3 is 0 Å². The highest BCUT2D eigenvalue weighted by Gasteiger charge is 2.46. The Morgan fingerprint density at radius 2 is 1.86 bits per heavy atom. The average molecular weight is 333 g/mol. The van der Waals surface area contributed by atoms with E-state index in [-0.39, 0.29) is 5.69 Å². The molecule has 1 unspecified atom stereocenters. The van der Waals surface area contributed by atoms with Gasteiger partial charge in [-0.05, 0) is 30.2 Å². The molecule has 4 nitrogen and oxygen atoms in total. The standard InChI is InChI=1S/C14H14F3NO3S/c1-2-10-3-5-11(6-4-10)18(13(19)14(15,16)17)12-7-8-22(20,21)9-12/h3-8,12H,2,9H2,1H3. The van der Waals surface area contributed by atoms with Crippen molar-refractivity contribution in [3.63, 3.8) is 0 Å². The summed E-state index contributed by atoms with van der Waals surface area (Å²) in [5.41, 5.74) is 0.920. The summed E-state index contributed by atoms with van der Waals surface area (Å²) in [5.74, 6) is -2.63. The van der Waals surface area contributed by atoms with Gasteiger partial charge in [0.15, 0.2) is 9.84 Å². The molecule has 22 heavy (non-hydrogen) atoms. The third-order valence-electron chi connectivity index (χ3n) is 3.33. The first-order valence-electron chi connectivity index (χ1n) is 6.54. The molecule has 0 spiro atoms. The number of anilines is 1. The monoisotopic (exact) mass is 333 g/mol. The molecule has 0 fully saturated rings. The first kappa shape index (κ1) is 16.5. The van der Waals surface area contributed by atoms with Crippen LogP contribution in [0.5, 0.6) is 0 Å². The molecule has 1 aromatic rings. The smallest absolute Gasteiger partial charge is 0.297 e. The van der Waals surface area contributed by atoms with Gasteiger partial charge in [0.1, 0.15) is 0 Å². The normalized spacial score (nSPS) is 20.1. The van der Waals surface area contributed by atoms with Crippen LogP contribution in [0.15, 0.2) is 35.7 Å². The van der Waals surface area contributed by atoms with Gasteiger partial charge in [0.2, 0.25) is 0 Å². The van der Waals surface area contributed by atoms with Crippen LogP contribution in [0.25, 0.3) is 0 Å². The van der Waals surface area contributed by atoms with Gasteiger partial charge in [-0.3, -0.25) is 9.69 Å². The summed E-state index contributed by atoms with van der Waals surface area (Å²) in [6.45, 7) is 1.89. The molecule has 0 saturated carbocycles. The number of carbonyl (C=O) groups is 1. The fourth-order valence-corrected chi connectivity index (χ4v) is 3.48. The summed E-state index contributed by atoms with van der Waals surface area (Å²) in [5, 5.41) is 0.842. The molecule has 0 N–H and O–H groups in total. The Hall–Kier alpha value is -1.83. The quantitative estimate of drug-likeness (QED) is 0.854. The maximum absolute atomic E-state index is 12.8. The summed E-state index contributed by atoms with van der Waals surface area (Å²) in [6, 6.07) is 4.84. The maximum Gasteiger partial charge on any atom is 0.471 e. The lowest BCUT2D eigenvalue weighted by Gasteiger charge is -2.28. The van der Waals surface area contributed by atoms with Crippen molar-refractivity contribution in [3.8, 4) is 0 Å². The molecule has 0 bridgehead atoms. The van der Waals surface area contributed by atoms with Gasteiger partial charge in [0, 0.05) is 11.1 Å². The molecule has 1 aliphatic heterocycles. The van der Waals surface area contributed by atoms with Crippen molar-refractivity contribution in [1.29, 1.82) is 0 Å². The van der Waals surface area contributed by atoms with Crippen LogP contribution in [-0.2, 0) is 21.1 Å². The van der Waals surface area contributed by atoms with Gasteiger partial charge >= 0.3 is 12.1 Å². The largest absolute Gasteiger partial charge is 0.471 e. The number of amides is 1. The van der Waals surface area contributed by atoms with Gasteiger partial charge in [0.25, 0.3) is 0 Å². The predicted octanol–water partition coefficient (Wildman–Crippen LogP) is 2.46. The third-order valence-corrected chi connectivity index (χ3v) is 4.70. The Balaban J connectivity index is 2.41. The first-order chi connectivity index (χ1) is 10.1. The zero-order chi connectivity index (χ0) is 16.5. The number of alkyl halides is 3. The average Bonchev–Trinajstić information content (AvgIpc) is 2.79. The van der Waals surface area contributed by atoms with Crippen molar-refractivity contribution in [2.75, 3.05) is 10.7 Å². The van der Waals surface area contributed by atoms with E-state index in [1.54, 1.807) is 12.1 Å². The van der Waals surface area contributed by atoms with Crippen molar-refractivity contribution in [3.05, 3.63) is 41.3 Å². The minimum absolute atomic E-state index is 0.0197. The SMILES string of the molecule is CCc1ccc(N(C(=O)C(F)(F)F)C2C=CS(=O)(=O)C2)cc1. The number of sulfone groups is 1. The van der Waals surface area contributed by atoms with E-state index < -0.39 is 33.7 Å². The van der Waals surface area contributed by atoms with Crippen LogP contribution < -0.4 is 4.90 Å². The number of carbonyl (C=O) groups excluding carboxylic acids is 1. The van der Waals surface area contributed by atoms with Crippen molar-refractivity contribution in [2.24, 2.45) is 0 Å². The Morgan fingerprint density at radius 3 is 2.27 bits per heavy atom. The fraction of sp³-hybridized carbons (Fsp3) is 0.357. The molecule has 0 radical (unpaired) electrons. The van der Waals surface area contributed by atoms with Crippen LogP contribution in [-0.4, -0.2) is 32.3 Å². The Morgan fingerprint density at radius 1 is 1.27 bits per heavy atom. The van der Waals surface area contributed by atoms with Gasteiger partial charge in [0.05, 0.1) is 11.8 Å². The summed E-state index contributed by atoms with van der Waals surface area (Å²) in [7, 11) is -3.58. The Kier molecular flexibility index (Phi) is 4.32. The molecule has 8 heteroatoms. The van der Waals surface area contributed by atoms with E-state index >= 15 is 0 Å². The Bertz CT molecular complexity index is 693. The lowest BCUT2D eigenvalue weighted by atomic mass is 10.1. The molecule has 1 aliphatic rings. The topological polar surface area (TPSA) is 54.5 Å². The summed E-state index contributed by atoms with van der Waals surface area (Å²) in [6.07, 6.45) is -3.28. The Labute approximate surface area is 126 Å². The van der Waals surface area contributed by atoms with Crippen molar-refractivity contribution in [2.45, 2.75) is 25.6 Å². The highest BCUT2D eigenvalue weighted by atomic mass is 32.2. The van der Waals surface area contributed by atoms with E-state index in [4.69, 9.17) is 0 Å². The molecule has 1 heterocycles. The number of rotatable bonds is 3. The van der Waals surface area contributed by atoms with Crippen LogP contribution in [0.1, 0.15) is 12.5 Å². The van der Waals surface area contributed by atoms with E-state index in [9.17, 15) is 26.4 Å². The molecule has 1 amide bonds. The van der Waals surface area contributed by atoms with Gasteiger partial charge in [-0.2, -0.15) is 13.2 Å². The van der Waals surface area contributed by atoms with E-state index in [2.05, 4.69) is 0 Å². The van der Waals surface area contributed by atoms with Crippen LogP contribution in [0.3, 0.4) is 0 Å². The molecule has 120 valence electrons. The number of hydrogen-bond acceptors (Lipinski definition) is 3. The second kappa shape index (κ2) is 5.75. The molecule has 1 atom stereocenters. The minimum atomic E-state index is -5.08. The van der Waals surface area contributed by atoms with E-state index in [1.165, 1.54) is 12.1 Å². The molecule has 0 aliphatic carbocycles. The number of benzene rings is 1. The van der Waals surface area contributed by atoms with E-state index in [0.29, 0.717) is 11.3 Å². The summed E-state index contributed by atoms with van der Waals surface area (Å²) < 4.78 is 61.3. The lowest BCUT2D eigenvalue weighted by Crippen LogP contribution is -2.47. The number of aryl methyl sites for hydroxylation is 1. The zero-order valence-corrected chi connectivity index (χ0v) is 12.5. The van der Waals surface area contributed by atoms with Crippen molar-refractivity contribution >= 4 is 21.4 Å². The minimum Gasteiger partial charge on any atom is -0.297 e. The number of nitrogens with zero attached hydrogens (tertiary/aromatic N) is 1. The molecule has 1 aromatic carbocycles. The van der Waals surface area contributed by atoms with Crippen LogP contribution in [0, 0.1) is 0 Å². The van der Waals surface area contributed by atoms with Crippen LogP contribution in [0.4, 0.5) is 18.9 Å². The first-order valence-corrected chi connectivity index (χ1v) is 8.26. The highest BCUT2D eigenvalue weighted by Crippen LogP contribution is 2.29. The molecule has 0 saturated heterocycles. The summed E-state index contributed by atoms with van der Waals surface area (Å²) >= 11 is 0. The highest BCUT2D eigenvalue weighted by molar-refractivity contribution is 7.94. The maximum atomic E-state index is 12.8. The zero-order valence-electron chi connectivity index (χ0n) is 11.7. The van der Waals surface area contributed by atoms with Gasteiger partial charge in [-0.25, -0.2) is 8.42 Å². The van der Waals surface area contributed by atoms with E-state index in [0.717, 1.165) is 17.0 Å². The number of halogens is 3. The van der Waals surface area contributed by atoms with Crippen molar-refractivity contribution in [1.82, 2.24) is 0 Å². The van der Waals surface area contributed by atoms with Crippen LogP contribution in [0.2, 0.25) is 0 Å². The molecular weight excluding hydrogens is 319 g/mol. The summed E-state index contributed by atoms with van der Waals surface area (Å²) in [4.78, 5) is 12.2. The second-order valence-electron chi connectivity index (χ2n) is 4.92. The third kappa shape index (κ3) is 3.49. The molecule has 2 rings (SSSR count). The van der Waals surface area contributed by atoms with E-state index in [1.807, 2.05) is 6.92 Å². The molecule has 0 aromatic heterocycles. The number of hydrogen-bond donors (Lipinski definition) is 0. The van der Waals surface area contributed by atoms with Crippen LogP contribution >= 0.6 is 0 Å².